The van der Waals surface area contributed by atoms with Crippen molar-refractivity contribution in [2.45, 2.75) is 65.0 Å². The molecule has 4 heteroatoms. The first-order chi connectivity index (χ1) is 10.3. The van der Waals surface area contributed by atoms with Crippen molar-refractivity contribution in [2.24, 2.45) is 0 Å². The summed E-state index contributed by atoms with van der Waals surface area (Å²) >= 11 is 0. The summed E-state index contributed by atoms with van der Waals surface area (Å²) in [5.41, 5.74) is 0.157. The zero-order valence-electron chi connectivity index (χ0n) is 15.6. The number of nitrogens with zero attached hydrogens (tertiary/aromatic N) is 1. The van der Waals surface area contributed by atoms with Crippen LogP contribution in [0.2, 0.25) is 0 Å². The smallest absolute Gasteiger partial charge is 0.411 e. The summed E-state index contributed by atoms with van der Waals surface area (Å²) in [5.74, 6) is 0. The Morgan fingerprint density at radius 3 is 2.00 bits per heavy atom. The number of hydrogen-bond acceptors (Lipinski definition) is 3. The topological polar surface area (TPSA) is 46.6 Å². The van der Waals surface area contributed by atoms with Crippen molar-refractivity contribution in [1.82, 2.24) is 4.90 Å². The van der Waals surface area contributed by atoms with Crippen LogP contribution < -0.4 is 0 Å². The molecule has 1 atom stereocenters. The SMILES string of the molecule is CN(C(=O)OC(C)(C)C)C(C)(C=O)c1cccc(C(C)(C)C)c1. The summed E-state index contributed by atoms with van der Waals surface area (Å²) in [6.07, 6.45) is 0.270. The third-order valence-corrected chi connectivity index (χ3v) is 3.91. The van der Waals surface area contributed by atoms with Gasteiger partial charge < -0.3 is 9.53 Å². The van der Waals surface area contributed by atoms with E-state index < -0.39 is 17.2 Å². The third kappa shape index (κ3) is 4.57. The van der Waals surface area contributed by atoms with E-state index in [0.29, 0.717) is 0 Å². The first-order valence-electron chi connectivity index (χ1n) is 7.85. The molecule has 0 bridgehead atoms. The van der Waals surface area contributed by atoms with E-state index in [1.54, 1.807) is 34.7 Å². The molecule has 0 aliphatic heterocycles. The van der Waals surface area contributed by atoms with Crippen LogP contribution in [-0.2, 0) is 20.5 Å². The van der Waals surface area contributed by atoms with Crippen molar-refractivity contribution >= 4 is 12.4 Å². The van der Waals surface area contributed by atoms with Crippen LogP contribution in [0.15, 0.2) is 24.3 Å². The molecule has 0 radical (unpaired) electrons. The first kappa shape index (κ1) is 19.2. The van der Waals surface area contributed by atoms with Gasteiger partial charge in [0.05, 0.1) is 0 Å². The Bertz CT molecular complexity index is 581. The second-order valence-corrected chi connectivity index (χ2v) is 8.14. The van der Waals surface area contributed by atoms with Crippen LogP contribution in [0.4, 0.5) is 4.79 Å². The Morgan fingerprint density at radius 1 is 1.04 bits per heavy atom. The second-order valence-electron chi connectivity index (χ2n) is 8.14. The Morgan fingerprint density at radius 2 is 1.57 bits per heavy atom. The highest BCUT2D eigenvalue weighted by Crippen LogP contribution is 2.30. The molecule has 1 amide bonds. The van der Waals surface area contributed by atoms with Crippen LogP contribution in [-0.4, -0.2) is 29.9 Å². The Hall–Kier alpha value is -1.84. The number of ether oxygens (including phenoxy) is 1. The van der Waals surface area contributed by atoms with Gasteiger partial charge >= 0.3 is 6.09 Å². The largest absolute Gasteiger partial charge is 0.444 e. The molecule has 128 valence electrons. The van der Waals surface area contributed by atoms with Crippen molar-refractivity contribution in [3.8, 4) is 0 Å². The summed E-state index contributed by atoms with van der Waals surface area (Å²) in [6, 6.07) is 7.79. The van der Waals surface area contributed by atoms with E-state index in [9.17, 15) is 9.59 Å². The van der Waals surface area contributed by atoms with Gasteiger partial charge in [0.2, 0.25) is 0 Å². The van der Waals surface area contributed by atoms with Gasteiger partial charge in [-0.3, -0.25) is 4.90 Å². The molecule has 0 N–H and O–H groups in total. The van der Waals surface area contributed by atoms with E-state index in [2.05, 4.69) is 20.8 Å². The Labute approximate surface area is 139 Å². The molecule has 0 aliphatic rings. The quantitative estimate of drug-likeness (QED) is 0.782. The van der Waals surface area contributed by atoms with E-state index in [1.807, 2.05) is 24.3 Å². The average molecular weight is 319 g/mol. The van der Waals surface area contributed by atoms with Gasteiger partial charge in [-0.05, 0) is 44.2 Å². The van der Waals surface area contributed by atoms with E-state index in [-0.39, 0.29) is 5.41 Å². The molecule has 1 rings (SSSR count). The molecule has 0 spiro atoms. The zero-order valence-corrected chi connectivity index (χ0v) is 15.6. The average Bonchev–Trinajstić information content (AvgIpc) is 2.43. The monoisotopic (exact) mass is 319 g/mol. The predicted molar refractivity (Wildman–Crippen MR) is 92.6 cm³/mol. The fraction of sp³-hybridized carbons (Fsp3) is 0.579. The van der Waals surface area contributed by atoms with Crippen molar-refractivity contribution < 1.29 is 14.3 Å². The molecule has 1 aromatic carbocycles. The van der Waals surface area contributed by atoms with Crippen molar-refractivity contribution in [3.63, 3.8) is 0 Å². The van der Waals surface area contributed by atoms with Gasteiger partial charge in [0.1, 0.15) is 17.4 Å². The first-order valence-corrected chi connectivity index (χ1v) is 7.85. The second kappa shape index (κ2) is 6.34. The number of aldehydes is 1. The summed E-state index contributed by atoms with van der Waals surface area (Å²) in [6.45, 7) is 13.5. The summed E-state index contributed by atoms with van der Waals surface area (Å²) in [7, 11) is 1.59. The van der Waals surface area contributed by atoms with Crippen molar-refractivity contribution in [3.05, 3.63) is 35.4 Å². The van der Waals surface area contributed by atoms with Gasteiger partial charge in [-0.2, -0.15) is 0 Å². The zero-order chi connectivity index (χ0) is 18.1. The Kier molecular flexibility index (Phi) is 5.30. The minimum atomic E-state index is -1.08. The number of likely N-dealkylation sites (N-methyl/N-ethyl adjacent to an activating group) is 1. The fourth-order valence-electron chi connectivity index (χ4n) is 2.16. The van der Waals surface area contributed by atoms with Crippen molar-refractivity contribution in [1.29, 1.82) is 0 Å². The lowest BCUT2D eigenvalue weighted by atomic mass is 9.83. The lowest BCUT2D eigenvalue weighted by Crippen LogP contribution is -2.48. The maximum absolute atomic E-state index is 12.4. The van der Waals surface area contributed by atoms with Gasteiger partial charge in [-0.15, -0.1) is 0 Å². The number of benzene rings is 1. The molecule has 23 heavy (non-hydrogen) atoms. The summed E-state index contributed by atoms with van der Waals surface area (Å²) in [4.78, 5) is 25.6. The summed E-state index contributed by atoms with van der Waals surface area (Å²) in [5, 5.41) is 0. The normalized spacial score (nSPS) is 14.8. The molecule has 1 unspecified atom stereocenters. The minimum absolute atomic E-state index is 0.0374. The van der Waals surface area contributed by atoms with Crippen LogP contribution in [0.5, 0.6) is 0 Å². The predicted octanol–water partition coefficient (Wildman–Crippen LogP) is 4.27. The number of carbonyl (C=O) groups is 2. The number of carbonyl (C=O) groups excluding carboxylic acids is 2. The van der Waals surface area contributed by atoms with Crippen molar-refractivity contribution in [2.75, 3.05) is 7.05 Å². The number of hydrogen-bond donors (Lipinski definition) is 0. The van der Waals surface area contributed by atoms with Gasteiger partial charge in [-0.25, -0.2) is 4.79 Å². The molecule has 1 aromatic rings. The molecule has 0 fully saturated rings. The highest BCUT2D eigenvalue weighted by molar-refractivity contribution is 5.78. The third-order valence-electron chi connectivity index (χ3n) is 3.91. The van der Waals surface area contributed by atoms with Gasteiger partial charge in [0.15, 0.2) is 0 Å². The number of amides is 1. The molecular formula is C19H29NO3. The van der Waals surface area contributed by atoms with Gasteiger partial charge in [0, 0.05) is 7.05 Å². The highest BCUT2D eigenvalue weighted by atomic mass is 16.6. The maximum Gasteiger partial charge on any atom is 0.411 e. The molecule has 0 saturated heterocycles. The number of rotatable bonds is 3. The van der Waals surface area contributed by atoms with Gasteiger partial charge in [0.25, 0.3) is 0 Å². The molecule has 0 saturated carbocycles. The molecule has 0 aromatic heterocycles. The highest BCUT2D eigenvalue weighted by Gasteiger charge is 2.37. The molecule has 0 heterocycles. The van der Waals surface area contributed by atoms with Crippen LogP contribution in [0.25, 0.3) is 0 Å². The van der Waals surface area contributed by atoms with Crippen LogP contribution >= 0.6 is 0 Å². The Balaban J connectivity index is 3.24. The van der Waals surface area contributed by atoms with E-state index in [1.165, 1.54) is 4.90 Å². The van der Waals surface area contributed by atoms with E-state index >= 15 is 0 Å². The fourth-order valence-corrected chi connectivity index (χ4v) is 2.16. The van der Waals surface area contributed by atoms with E-state index in [4.69, 9.17) is 4.74 Å². The van der Waals surface area contributed by atoms with Crippen LogP contribution in [0.1, 0.15) is 59.6 Å². The molecule has 4 nitrogen and oxygen atoms in total. The van der Waals surface area contributed by atoms with Crippen LogP contribution in [0.3, 0.4) is 0 Å². The molecular weight excluding hydrogens is 290 g/mol. The van der Waals surface area contributed by atoms with Crippen LogP contribution in [0, 0.1) is 0 Å². The lowest BCUT2D eigenvalue weighted by Gasteiger charge is -2.36. The summed E-state index contributed by atoms with van der Waals surface area (Å²) < 4.78 is 5.39. The molecule has 0 aliphatic carbocycles. The minimum Gasteiger partial charge on any atom is -0.444 e. The standard InChI is InChI=1S/C19H29NO3/c1-17(2,3)14-10-9-11-15(12-14)19(7,13-21)20(8)16(22)23-18(4,5)6/h9-13H,1-8H3. The maximum atomic E-state index is 12.4. The lowest BCUT2D eigenvalue weighted by molar-refractivity contribution is -0.117. The van der Waals surface area contributed by atoms with Gasteiger partial charge in [-0.1, -0.05) is 45.0 Å². The van der Waals surface area contributed by atoms with E-state index in [0.717, 1.165) is 17.4 Å².